The summed E-state index contributed by atoms with van der Waals surface area (Å²) in [4.78, 5) is 24.5. The number of halogens is 2. The molecule has 0 unspecified atom stereocenters. The number of amides is 1. The maximum Gasteiger partial charge on any atom is 0.347 e. The zero-order valence-electron chi connectivity index (χ0n) is 15.0. The molecule has 0 heterocycles. The van der Waals surface area contributed by atoms with Crippen molar-refractivity contribution >= 4 is 40.8 Å². The molecule has 27 heavy (non-hydrogen) atoms. The third-order valence-electron chi connectivity index (χ3n) is 3.56. The number of carbonyl (C=O) groups is 2. The van der Waals surface area contributed by atoms with Crippen molar-refractivity contribution in [3.05, 3.63) is 52.5 Å². The fourth-order valence-electron chi connectivity index (χ4n) is 2.12. The van der Waals surface area contributed by atoms with Gasteiger partial charge in [0.1, 0.15) is 11.5 Å². The number of hydrogen-bond donors (Lipinski definition) is 1. The average molecular weight is 412 g/mol. The largest absolute Gasteiger partial charge is 0.495 e. The van der Waals surface area contributed by atoms with E-state index in [-0.39, 0.29) is 10.8 Å². The maximum absolute atomic E-state index is 12.3. The van der Waals surface area contributed by atoms with Crippen molar-refractivity contribution in [2.75, 3.05) is 12.4 Å². The second kappa shape index (κ2) is 9.48. The van der Waals surface area contributed by atoms with Crippen molar-refractivity contribution in [2.45, 2.75) is 26.1 Å². The minimum absolute atomic E-state index is 0.268. The number of anilines is 1. The van der Waals surface area contributed by atoms with Crippen molar-refractivity contribution in [3.8, 4) is 11.5 Å². The van der Waals surface area contributed by atoms with Gasteiger partial charge >= 0.3 is 5.97 Å². The lowest BCUT2D eigenvalue weighted by Crippen LogP contribution is -2.35. The molecular weight excluding hydrogens is 393 g/mol. The molecule has 144 valence electrons. The van der Waals surface area contributed by atoms with Crippen LogP contribution in [0.2, 0.25) is 10.0 Å². The van der Waals surface area contributed by atoms with Crippen LogP contribution in [-0.2, 0) is 14.3 Å². The number of methoxy groups -OCH3 is 1. The summed E-state index contributed by atoms with van der Waals surface area (Å²) in [6.07, 6.45) is -2.00. The molecule has 0 saturated carbocycles. The molecule has 0 saturated heterocycles. The molecule has 0 spiro atoms. The third kappa shape index (κ3) is 5.77. The summed E-state index contributed by atoms with van der Waals surface area (Å²) in [5.41, 5.74) is 0.477. The van der Waals surface area contributed by atoms with E-state index in [1.807, 2.05) is 0 Å². The van der Waals surface area contributed by atoms with Gasteiger partial charge in [-0.3, -0.25) is 4.79 Å². The van der Waals surface area contributed by atoms with Gasteiger partial charge in [-0.2, -0.15) is 0 Å². The van der Waals surface area contributed by atoms with Crippen LogP contribution in [0.1, 0.15) is 13.8 Å². The van der Waals surface area contributed by atoms with Gasteiger partial charge in [0, 0.05) is 5.02 Å². The van der Waals surface area contributed by atoms with Crippen LogP contribution in [0.5, 0.6) is 11.5 Å². The standard InChI is InChI=1S/C19H19Cl2NO5/c1-11(18(23)22-15-6-4-5-7-17(15)25-3)27-19(24)12(2)26-16-9-8-13(20)10-14(16)21/h4-12H,1-3H3,(H,22,23)/t11-,12+/m0/s1. The number of benzene rings is 2. The Labute approximate surface area is 167 Å². The van der Waals surface area contributed by atoms with Gasteiger partial charge < -0.3 is 19.5 Å². The van der Waals surface area contributed by atoms with Gasteiger partial charge in [0.05, 0.1) is 17.8 Å². The van der Waals surface area contributed by atoms with Gasteiger partial charge in [-0.25, -0.2) is 4.79 Å². The van der Waals surface area contributed by atoms with Gasteiger partial charge in [-0.1, -0.05) is 35.3 Å². The van der Waals surface area contributed by atoms with Crippen LogP contribution in [0.25, 0.3) is 0 Å². The first-order valence-corrected chi connectivity index (χ1v) is 8.83. The van der Waals surface area contributed by atoms with Gasteiger partial charge in [-0.05, 0) is 44.2 Å². The van der Waals surface area contributed by atoms with Crippen molar-refractivity contribution in [1.29, 1.82) is 0 Å². The molecule has 2 aromatic rings. The highest BCUT2D eigenvalue weighted by molar-refractivity contribution is 6.35. The van der Waals surface area contributed by atoms with E-state index < -0.39 is 24.1 Å². The van der Waals surface area contributed by atoms with Crippen LogP contribution in [0.3, 0.4) is 0 Å². The maximum atomic E-state index is 12.3. The molecule has 0 radical (unpaired) electrons. The normalized spacial score (nSPS) is 12.6. The minimum atomic E-state index is -1.03. The quantitative estimate of drug-likeness (QED) is 0.685. The Kier molecular flexibility index (Phi) is 7.33. The summed E-state index contributed by atoms with van der Waals surface area (Å²) < 4.78 is 15.8. The van der Waals surface area contributed by atoms with Crippen LogP contribution < -0.4 is 14.8 Å². The van der Waals surface area contributed by atoms with E-state index in [1.54, 1.807) is 36.4 Å². The number of para-hydroxylation sites is 2. The van der Waals surface area contributed by atoms with E-state index in [1.165, 1.54) is 27.0 Å². The summed E-state index contributed by atoms with van der Waals surface area (Å²) in [5.74, 6) is -0.414. The van der Waals surface area contributed by atoms with E-state index in [9.17, 15) is 9.59 Å². The molecule has 8 heteroatoms. The van der Waals surface area contributed by atoms with E-state index in [0.717, 1.165) is 0 Å². The van der Waals surface area contributed by atoms with Crippen molar-refractivity contribution < 1.29 is 23.8 Å². The lowest BCUT2D eigenvalue weighted by atomic mass is 10.2. The van der Waals surface area contributed by atoms with Gasteiger partial charge in [0.2, 0.25) is 0 Å². The lowest BCUT2D eigenvalue weighted by Gasteiger charge is -2.18. The second-order valence-electron chi connectivity index (χ2n) is 5.60. The topological polar surface area (TPSA) is 73.9 Å². The zero-order valence-corrected chi connectivity index (χ0v) is 16.5. The van der Waals surface area contributed by atoms with Crippen LogP contribution in [0, 0.1) is 0 Å². The Morgan fingerprint density at radius 1 is 1.00 bits per heavy atom. The Morgan fingerprint density at radius 2 is 1.70 bits per heavy atom. The molecule has 0 fully saturated rings. The Balaban J connectivity index is 1.94. The number of nitrogens with one attached hydrogen (secondary N) is 1. The summed E-state index contributed by atoms with van der Waals surface area (Å²) in [6.45, 7) is 2.96. The SMILES string of the molecule is COc1ccccc1NC(=O)[C@H](C)OC(=O)[C@@H](C)Oc1ccc(Cl)cc1Cl. The number of hydrogen-bond acceptors (Lipinski definition) is 5. The summed E-state index contributed by atoms with van der Waals surface area (Å²) in [6, 6.07) is 11.5. The molecule has 1 amide bonds. The number of esters is 1. The first kappa shape index (κ1) is 20.9. The number of carbonyl (C=O) groups excluding carboxylic acids is 2. The summed E-state index contributed by atoms with van der Waals surface area (Å²) in [7, 11) is 1.50. The van der Waals surface area contributed by atoms with Crippen molar-refractivity contribution in [2.24, 2.45) is 0 Å². The molecule has 2 atom stereocenters. The zero-order chi connectivity index (χ0) is 20.0. The minimum Gasteiger partial charge on any atom is -0.495 e. The monoisotopic (exact) mass is 411 g/mol. The number of rotatable bonds is 7. The van der Waals surface area contributed by atoms with Crippen LogP contribution in [0.4, 0.5) is 5.69 Å². The van der Waals surface area contributed by atoms with Gasteiger partial charge in [-0.15, -0.1) is 0 Å². The second-order valence-corrected chi connectivity index (χ2v) is 6.45. The Hall–Kier alpha value is -2.44. The molecule has 1 N–H and O–H groups in total. The smallest absolute Gasteiger partial charge is 0.347 e. The summed E-state index contributed by atoms with van der Waals surface area (Å²) in [5, 5.41) is 3.37. The molecule has 0 aromatic heterocycles. The summed E-state index contributed by atoms with van der Waals surface area (Å²) >= 11 is 11.8. The predicted octanol–water partition coefficient (Wildman–Crippen LogP) is 4.34. The van der Waals surface area contributed by atoms with Crippen molar-refractivity contribution in [1.82, 2.24) is 0 Å². The molecule has 2 aromatic carbocycles. The molecule has 6 nitrogen and oxygen atoms in total. The van der Waals surface area contributed by atoms with Crippen LogP contribution >= 0.6 is 23.2 Å². The average Bonchev–Trinajstić information content (AvgIpc) is 2.64. The van der Waals surface area contributed by atoms with Gasteiger partial charge in [0.15, 0.2) is 12.2 Å². The molecule has 0 bridgehead atoms. The molecule has 0 aliphatic heterocycles. The highest BCUT2D eigenvalue weighted by Crippen LogP contribution is 2.28. The highest BCUT2D eigenvalue weighted by atomic mass is 35.5. The molecule has 2 rings (SSSR count). The van der Waals surface area contributed by atoms with Gasteiger partial charge in [0.25, 0.3) is 5.91 Å². The highest BCUT2D eigenvalue weighted by Gasteiger charge is 2.24. The van der Waals surface area contributed by atoms with Crippen LogP contribution in [0.15, 0.2) is 42.5 Å². The predicted molar refractivity (Wildman–Crippen MR) is 104 cm³/mol. The van der Waals surface area contributed by atoms with E-state index in [2.05, 4.69) is 5.32 Å². The molecular formula is C19H19Cl2NO5. The first-order chi connectivity index (χ1) is 12.8. The first-order valence-electron chi connectivity index (χ1n) is 8.08. The van der Waals surface area contributed by atoms with E-state index in [4.69, 9.17) is 37.4 Å². The number of ether oxygens (including phenoxy) is 3. The van der Waals surface area contributed by atoms with E-state index in [0.29, 0.717) is 16.5 Å². The van der Waals surface area contributed by atoms with E-state index >= 15 is 0 Å². The van der Waals surface area contributed by atoms with Crippen LogP contribution in [-0.4, -0.2) is 31.2 Å². The Bertz CT molecular complexity index is 827. The molecule has 0 aliphatic rings. The fourth-order valence-corrected chi connectivity index (χ4v) is 2.57. The fraction of sp³-hybridized carbons (Fsp3) is 0.263. The molecule has 0 aliphatic carbocycles. The van der Waals surface area contributed by atoms with Crippen molar-refractivity contribution in [3.63, 3.8) is 0 Å². The third-order valence-corrected chi connectivity index (χ3v) is 4.09. The Morgan fingerprint density at radius 3 is 2.37 bits per heavy atom. The lowest BCUT2D eigenvalue weighted by molar-refractivity contribution is -0.159.